The molecule has 0 heterocycles. The Balaban J connectivity index is 2.93. The molecule has 64 valence electrons. The summed E-state index contributed by atoms with van der Waals surface area (Å²) in [4.78, 5) is 10.4. The monoisotopic (exact) mass is 205 g/mol. The molecular weight excluding hydrogens is 201 g/mol. The molecule has 0 aromatic heterocycles. The van der Waals surface area contributed by atoms with Crippen LogP contribution in [0.25, 0.3) is 0 Å². The van der Waals surface area contributed by atoms with Gasteiger partial charge in [0.2, 0.25) is 0 Å². The second-order valence-electron chi connectivity index (χ2n) is 2.05. The van der Waals surface area contributed by atoms with Crippen LogP contribution in [0, 0.1) is 5.82 Å². The third-order valence-corrected chi connectivity index (χ3v) is 1.52. The molecule has 1 rings (SSSR count). The lowest BCUT2D eigenvalue weighted by Gasteiger charge is -2.02. The fourth-order valence-electron chi connectivity index (χ4n) is 0.706. The van der Waals surface area contributed by atoms with E-state index in [-0.39, 0.29) is 10.7 Å². The van der Waals surface area contributed by atoms with Crippen LogP contribution in [0.4, 0.5) is 14.9 Å². The van der Waals surface area contributed by atoms with E-state index in [9.17, 15) is 9.18 Å². The highest BCUT2D eigenvalue weighted by molar-refractivity contribution is 7.96. The number of carbonyl (C=O) groups is 1. The third kappa shape index (κ3) is 2.39. The molecule has 0 atom stereocenters. The number of amides is 1. The average Bonchev–Trinajstić information content (AvgIpc) is 1.94. The highest BCUT2D eigenvalue weighted by atomic mass is 35.5. The van der Waals surface area contributed by atoms with Crippen molar-refractivity contribution in [3.63, 3.8) is 0 Å². The number of carbonyl (C=O) groups excluding carboxylic acids is 1. The summed E-state index contributed by atoms with van der Waals surface area (Å²) in [6.07, 6.45) is 0. The lowest BCUT2D eigenvalue weighted by Crippen LogP contribution is -2.02. The fraction of sp³-hybridized carbons (Fsp3) is 0. The van der Waals surface area contributed by atoms with E-state index in [0.717, 1.165) is 6.07 Å². The Labute approximate surface area is 79.1 Å². The number of thiol groups is 1. The van der Waals surface area contributed by atoms with Crippen LogP contribution in [0.1, 0.15) is 0 Å². The van der Waals surface area contributed by atoms with Crippen LogP contribution in [0.15, 0.2) is 18.2 Å². The minimum atomic E-state index is -0.615. The van der Waals surface area contributed by atoms with E-state index >= 15 is 0 Å². The van der Waals surface area contributed by atoms with Crippen molar-refractivity contribution in [2.45, 2.75) is 0 Å². The second kappa shape index (κ2) is 3.78. The van der Waals surface area contributed by atoms with E-state index in [4.69, 9.17) is 11.6 Å². The molecule has 0 spiro atoms. The molecule has 1 aromatic carbocycles. The molecule has 0 bridgehead atoms. The molecule has 1 aromatic rings. The number of rotatable bonds is 1. The normalized spacial score (nSPS) is 9.58. The minimum Gasteiger partial charge on any atom is -0.314 e. The van der Waals surface area contributed by atoms with Gasteiger partial charge in [-0.1, -0.05) is 24.2 Å². The average molecular weight is 206 g/mol. The predicted octanol–water partition coefficient (Wildman–Crippen LogP) is 2.94. The first kappa shape index (κ1) is 9.35. The SMILES string of the molecule is O=C(S)Nc1ccc(Cl)cc1F. The van der Waals surface area contributed by atoms with Crippen molar-refractivity contribution in [2.75, 3.05) is 5.32 Å². The van der Waals surface area contributed by atoms with Crippen LogP contribution in [0.3, 0.4) is 0 Å². The number of anilines is 1. The van der Waals surface area contributed by atoms with Gasteiger partial charge in [-0.2, -0.15) is 0 Å². The van der Waals surface area contributed by atoms with Crippen molar-refractivity contribution in [2.24, 2.45) is 0 Å². The Morgan fingerprint density at radius 2 is 2.25 bits per heavy atom. The molecular formula is C7H5ClFNOS. The van der Waals surface area contributed by atoms with E-state index in [2.05, 4.69) is 17.9 Å². The zero-order valence-corrected chi connectivity index (χ0v) is 7.49. The molecule has 0 aliphatic carbocycles. The van der Waals surface area contributed by atoms with Crippen LogP contribution >= 0.6 is 24.2 Å². The van der Waals surface area contributed by atoms with Gasteiger partial charge in [0.25, 0.3) is 5.24 Å². The second-order valence-corrected chi connectivity index (χ2v) is 2.90. The zero-order chi connectivity index (χ0) is 9.14. The first-order chi connectivity index (χ1) is 5.59. The molecule has 0 aliphatic rings. The zero-order valence-electron chi connectivity index (χ0n) is 5.84. The lowest BCUT2D eigenvalue weighted by molar-refractivity contribution is 0.270. The largest absolute Gasteiger partial charge is 0.314 e. The van der Waals surface area contributed by atoms with Gasteiger partial charge in [-0.25, -0.2) is 4.39 Å². The smallest absolute Gasteiger partial charge is 0.280 e. The molecule has 2 nitrogen and oxygen atoms in total. The molecule has 12 heavy (non-hydrogen) atoms. The molecule has 0 fully saturated rings. The number of hydrogen-bond donors (Lipinski definition) is 2. The summed E-state index contributed by atoms with van der Waals surface area (Å²) in [6.45, 7) is 0. The van der Waals surface area contributed by atoms with Crippen molar-refractivity contribution in [1.82, 2.24) is 0 Å². The van der Waals surface area contributed by atoms with Gasteiger partial charge in [-0.3, -0.25) is 4.79 Å². The van der Waals surface area contributed by atoms with E-state index < -0.39 is 11.1 Å². The van der Waals surface area contributed by atoms with Gasteiger partial charge in [0, 0.05) is 5.02 Å². The molecule has 5 heteroatoms. The maximum atomic E-state index is 12.9. The van der Waals surface area contributed by atoms with Gasteiger partial charge >= 0.3 is 0 Å². The van der Waals surface area contributed by atoms with Gasteiger partial charge in [-0.15, -0.1) is 0 Å². The van der Waals surface area contributed by atoms with Gasteiger partial charge in [0.05, 0.1) is 5.69 Å². The van der Waals surface area contributed by atoms with E-state index in [1.807, 2.05) is 0 Å². The van der Waals surface area contributed by atoms with Crippen molar-refractivity contribution in [3.05, 3.63) is 29.0 Å². The van der Waals surface area contributed by atoms with Crippen molar-refractivity contribution in [3.8, 4) is 0 Å². The summed E-state index contributed by atoms with van der Waals surface area (Å²) < 4.78 is 12.9. The van der Waals surface area contributed by atoms with Gasteiger partial charge in [-0.05, 0) is 18.2 Å². The van der Waals surface area contributed by atoms with E-state index in [1.54, 1.807) is 0 Å². The van der Waals surface area contributed by atoms with Crippen LogP contribution in [-0.2, 0) is 0 Å². The summed E-state index contributed by atoms with van der Waals surface area (Å²) in [7, 11) is 0. The fourth-order valence-corrected chi connectivity index (χ4v) is 0.985. The Bertz CT molecular complexity index is 318. The molecule has 1 amide bonds. The molecule has 0 radical (unpaired) electrons. The van der Waals surface area contributed by atoms with Crippen LogP contribution in [0.2, 0.25) is 5.02 Å². The third-order valence-electron chi connectivity index (χ3n) is 1.17. The predicted molar refractivity (Wildman–Crippen MR) is 49.4 cm³/mol. The maximum Gasteiger partial charge on any atom is 0.280 e. The number of halogens is 2. The Morgan fingerprint density at radius 3 is 2.75 bits per heavy atom. The van der Waals surface area contributed by atoms with Crippen molar-refractivity contribution < 1.29 is 9.18 Å². The van der Waals surface area contributed by atoms with E-state index in [1.165, 1.54) is 12.1 Å². The van der Waals surface area contributed by atoms with Gasteiger partial charge in [0.1, 0.15) is 5.82 Å². The molecule has 1 N–H and O–H groups in total. The Kier molecular flexibility index (Phi) is 2.94. The highest BCUT2D eigenvalue weighted by Gasteiger charge is 2.03. The first-order valence-electron chi connectivity index (χ1n) is 3.04. The van der Waals surface area contributed by atoms with Crippen LogP contribution < -0.4 is 5.32 Å². The summed E-state index contributed by atoms with van der Waals surface area (Å²) in [5, 5.41) is 1.86. The number of benzene rings is 1. The molecule has 0 saturated heterocycles. The van der Waals surface area contributed by atoms with Crippen LogP contribution in [0.5, 0.6) is 0 Å². The summed E-state index contributed by atoms with van der Waals surface area (Å²) in [5.74, 6) is -0.579. The Hall–Kier alpha value is -0.740. The van der Waals surface area contributed by atoms with Crippen molar-refractivity contribution in [1.29, 1.82) is 0 Å². The van der Waals surface area contributed by atoms with Crippen molar-refractivity contribution >= 4 is 35.2 Å². The van der Waals surface area contributed by atoms with Gasteiger partial charge in [0.15, 0.2) is 0 Å². The summed E-state index contributed by atoms with van der Waals surface area (Å²) in [6, 6.07) is 3.95. The standard InChI is InChI=1S/C7H5ClFNOS/c8-4-1-2-6(5(9)3-4)10-7(11)12/h1-3H,(H2,10,11,12). The number of hydrogen-bond acceptors (Lipinski definition) is 1. The van der Waals surface area contributed by atoms with E-state index in [0.29, 0.717) is 0 Å². The molecule has 0 aliphatic heterocycles. The van der Waals surface area contributed by atoms with Crippen LogP contribution in [-0.4, -0.2) is 5.24 Å². The number of nitrogens with one attached hydrogen (secondary N) is 1. The first-order valence-corrected chi connectivity index (χ1v) is 3.87. The molecule has 0 saturated carbocycles. The summed E-state index contributed by atoms with van der Waals surface area (Å²) >= 11 is 8.91. The molecule has 0 unspecified atom stereocenters. The lowest BCUT2D eigenvalue weighted by atomic mass is 10.3. The topological polar surface area (TPSA) is 29.1 Å². The Morgan fingerprint density at radius 1 is 1.58 bits per heavy atom. The highest BCUT2D eigenvalue weighted by Crippen LogP contribution is 2.18. The maximum absolute atomic E-state index is 12.9. The van der Waals surface area contributed by atoms with Gasteiger partial charge < -0.3 is 5.32 Å². The minimum absolute atomic E-state index is 0.0689. The summed E-state index contributed by atoms with van der Waals surface area (Å²) in [5.41, 5.74) is 0.0689. The quantitative estimate of drug-likeness (QED) is 0.679.